The number of aryl methyl sites for hydroxylation is 1. The molecule has 0 aromatic heterocycles. The predicted octanol–water partition coefficient (Wildman–Crippen LogP) is 2.55. The lowest BCUT2D eigenvalue weighted by molar-refractivity contribution is -0.118. The van der Waals surface area contributed by atoms with Gasteiger partial charge in [0.25, 0.3) is 0 Å². The van der Waals surface area contributed by atoms with Gasteiger partial charge < -0.3 is 15.6 Å². The number of halogens is 1. The molecule has 4 nitrogen and oxygen atoms in total. The van der Waals surface area contributed by atoms with E-state index in [0.29, 0.717) is 36.6 Å². The van der Waals surface area contributed by atoms with E-state index in [2.05, 4.69) is 0 Å². The van der Waals surface area contributed by atoms with Gasteiger partial charge in [0.15, 0.2) is 0 Å². The SMILES string of the molecule is C[C@@H](CCC(N)=O)COc1cccc(CCCO)c1Cl. The predicted molar refractivity (Wildman–Crippen MR) is 79.9 cm³/mol. The zero-order chi connectivity index (χ0) is 15.0. The normalized spacial score (nSPS) is 12.2. The summed E-state index contributed by atoms with van der Waals surface area (Å²) in [5.41, 5.74) is 6.09. The van der Waals surface area contributed by atoms with Crippen molar-refractivity contribution >= 4 is 17.5 Å². The van der Waals surface area contributed by atoms with Crippen molar-refractivity contribution in [3.8, 4) is 5.75 Å². The van der Waals surface area contributed by atoms with Crippen LogP contribution in [0.5, 0.6) is 5.75 Å². The average Bonchev–Trinajstić information content (AvgIpc) is 2.42. The fourth-order valence-electron chi connectivity index (χ4n) is 1.83. The molecule has 1 aromatic rings. The molecule has 1 atom stereocenters. The van der Waals surface area contributed by atoms with Gasteiger partial charge in [0.2, 0.25) is 5.91 Å². The third kappa shape index (κ3) is 5.80. The van der Waals surface area contributed by atoms with Crippen LogP contribution in [0, 0.1) is 5.92 Å². The molecule has 112 valence electrons. The quantitative estimate of drug-likeness (QED) is 0.736. The van der Waals surface area contributed by atoms with Gasteiger partial charge in [-0.2, -0.15) is 0 Å². The largest absolute Gasteiger partial charge is 0.492 e. The third-order valence-electron chi connectivity index (χ3n) is 3.05. The first-order valence-corrected chi connectivity index (χ1v) is 7.21. The maximum absolute atomic E-state index is 10.7. The molecule has 0 bridgehead atoms. The molecule has 0 aliphatic heterocycles. The van der Waals surface area contributed by atoms with E-state index in [1.165, 1.54) is 0 Å². The van der Waals surface area contributed by atoms with Gasteiger partial charge in [-0.1, -0.05) is 30.7 Å². The van der Waals surface area contributed by atoms with Crippen molar-refractivity contribution in [3.05, 3.63) is 28.8 Å². The molecule has 1 amide bonds. The van der Waals surface area contributed by atoms with E-state index in [1.807, 2.05) is 25.1 Å². The molecule has 0 saturated heterocycles. The molecular formula is C15H22ClNO3. The lowest BCUT2D eigenvalue weighted by Gasteiger charge is -2.14. The number of nitrogens with two attached hydrogens (primary N) is 1. The van der Waals surface area contributed by atoms with Gasteiger partial charge in [-0.05, 0) is 36.8 Å². The number of aliphatic hydroxyl groups is 1. The first-order chi connectivity index (χ1) is 9.54. The smallest absolute Gasteiger partial charge is 0.217 e. The summed E-state index contributed by atoms with van der Waals surface area (Å²) in [6.45, 7) is 2.65. The van der Waals surface area contributed by atoms with E-state index >= 15 is 0 Å². The summed E-state index contributed by atoms with van der Waals surface area (Å²) in [6, 6.07) is 5.65. The molecular weight excluding hydrogens is 278 g/mol. The summed E-state index contributed by atoms with van der Waals surface area (Å²) in [7, 11) is 0. The summed E-state index contributed by atoms with van der Waals surface area (Å²) in [5, 5.41) is 9.46. The van der Waals surface area contributed by atoms with Crippen LogP contribution in [0.25, 0.3) is 0 Å². The van der Waals surface area contributed by atoms with Crippen LogP contribution in [-0.2, 0) is 11.2 Å². The molecule has 1 rings (SSSR count). The number of benzene rings is 1. The maximum atomic E-state index is 10.7. The van der Waals surface area contributed by atoms with Crippen LogP contribution in [0.15, 0.2) is 18.2 Å². The summed E-state index contributed by atoms with van der Waals surface area (Å²) in [4.78, 5) is 10.7. The highest BCUT2D eigenvalue weighted by Crippen LogP contribution is 2.29. The number of primary amides is 1. The molecule has 0 aliphatic rings. The number of ether oxygens (including phenoxy) is 1. The van der Waals surface area contributed by atoms with Crippen LogP contribution >= 0.6 is 11.6 Å². The molecule has 5 heteroatoms. The highest BCUT2D eigenvalue weighted by molar-refractivity contribution is 6.32. The Labute approximate surface area is 124 Å². The molecule has 3 N–H and O–H groups in total. The van der Waals surface area contributed by atoms with E-state index in [1.54, 1.807) is 0 Å². The Kier molecular flexibility index (Phi) is 7.41. The summed E-state index contributed by atoms with van der Waals surface area (Å²) in [5.74, 6) is 0.591. The first-order valence-electron chi connectivity index (χ1n) is 6.84. The fraction of sp³-hybridized carbons (Fsp3) is 0.533. The Hall–Kier alpha value is -1.26. The molecule has 20 heavy (non-hydrogen) atoms. The fourth-order valence-corrected chi connectivity index (χ4v) is 2.11. The van der Waals surface area contributed by atoms with Crippen LogP contribution < -0.4 is 10.5 Å². The lowest BCUT2D eigenvalue weighted by atomic mass is 10.1. The molecule has 0 heterocycles. The Morgan fingerprint density at radius 1 is 1.50 bits per heavy atom. The van der Waals surface area contributed by atoms with Crippen LogP contribution in [0.4, 0.5) is 0 Å². The number of amides is 1. The van der Waals surface area contributed by atoms with Gasteiger partial charge in [0.1, 0.15) is 5.75 Å². The first kappa shape index (κ1) is 16.8. The summed E-state index contributed by atoms with van der Waals surface area (Å²) < 4.78 is 5.70. The van der Waals surface area contributed by atoms with E-state index in [-0.39, 0.29) is 18.4 Å². The Morgan fingerprint density at radius 2 is 2.25 bits per heavy atom. The highest BCUT2D eigenvalue weighted by atomic mass is 35.5. The standard InChI is InChI=1S/C15H22ClNO3/c1-11(7-8-14(17)19)10-20-13-6-2-4-12(15(13)16)5-3-9-18/h2,4,6,11,18H,3,5,7-10H2,1H3,(H2,17,19)/t11-/m0/s1. The molecule has 0 fully saturated rings. The Morgan fingerprint density at radius 3 is 2.90 bits per heavy atom. The van der Waals surface area contributed by atoms with Crippen LogP contribution in [0.2, 0.25) is 5.02 Å². The second-order valence-corrected chi connectivity index (χ2v) is 5.36. The van der Waals surface area contributed by atoms with Crippen molar-refractivity contribution in [3.63, 3.8) is 0 Å². The van der Waals surface area contributed by atoms with Gasteiger partial charge in [-0.3, -0.25) is 4.79 Å². The number of hydrogen-bond acceptors (Lipinski definition) is 3. The highest BCUT2D eigenvalue weighted by Gasteiger charge is 2.10. The van der Waals surface area contributed by atoms with Crippen molar-refractivity contribution in [1.29, 1.82) is 0 Å². The van der Waals surface area contributed by atoms with Crippen LogP contribution in [-0.4, -0.2) is 24.2 Å². The molecule has 0 saturated carbocycles. The molecule has 0 aliphatic carbocycles. The van der Waals surface area contributed by atoms with Crippen molar-refractivity contribution in [2.45, 2.75) is 32.6 Å². The second-order valence-electron chi connectivity index (χ2n) is 4.98. The zero-order valence-corrected chi connectivity index (χ0v) is 12.5. The van der Waals surface area contributed by atoms with Crippen molar-refractivity contribution in [2.75, 3.05) is 13.2 Å². The number of carbonyl (C=O) groups is 1. The minimum absolute atomic E-state index is 0.144. The van der Waals surface area contributed by atoms with Crippen LogP contribution in [0.3, 0.4) is 0 Å². The lowest BCUT2D eigenvalue weighted by Crippen LogP contribution is -2.15. The van der Waals surface area contributed by atoms with Crippen LogP contribution in [0.1, 0.15) is 31.7 Å². The van der Waals surface area contributed by atoms with Crippen molar-refractivity contribution in [1.82, 2.24) is 0 Å². The number of hydrogen-bond donors (Lipinski definition) is 2. The number of rotatable bonds is 9. The molecule has 0 spiro atoms. The van der Waals surface area contributed by atoms with E-state index in [9.17, 15) is 4.79 Å². The Bertz CT molecular complexity index is 437. The summed E-state index contributed by atoms with van der Waals surface area (Å²) >= 11 is 6.27. The maximum Gasteiger partial charge on any atom is 0.217 e. The molecule has 0 radical (unpaired) electrons. The number of aliphatic hydroxyl groups excluding tert-OH is 1. The van der Waals surface area contributed by atoms with E-state index in [0.717, 1.165) is 12.0 Å². The Balaban J connectivity index is 2.53. The minimum Gasteiger partial charge on any atom is -0.492 e. The van der Waals surface area contributed by atoms with Gasteiger partial charge in [-0.15, -0.1) is 0 Å². The van der Waals surface area contributed by atoms with Crippen molar-refractivity contribution in [2.24, 2.45) is 11.7 Å². The van der Waals surface area contributed by atoms with E-state index < -0.39 is 0 Å². The topological polar surface area (TPSA) is 72.6 Å². The zero-order valence-electron chi connectivity index (χ0n) is 11.8. The summed E-state index contributed by atoms with van der Waals surface area (Å²) in [6.07, 6.45) is 2.48. The monoisotopic (exact) mass is 299 g/mol. The van der Waals surface area contributed by atoms with Gasteiger partial charge in [-0.25, -0.2) is 0 Å². The molecule has 1 aromatic carbocycles. The van der Waals surface area contributed by atoms with Gasteiger partial charge in [0.05, 0.1) is 11.6 Å². The van der Waals surface area contributed by atoms with Gasteiger partial charge in [0, 0.05) is 13.0 Å². The van der Waals surface area contributed by atoms with Crippen molar-refractivity contribution < 1.29 is 14.6 Å². The average molecular weight is 300 g/mol. The third-order valence-corrected chi connectivity index (χ3v) is 3.48. The second kappa shape index (κ2) is 8.82. The minimum atomic E-state index is -0.291. The van der Waals surface area contributed by atoms with E-state index in [4.69, 9.17) is 27.2 Å². The van der Waals surface area contributed by atoms with Gasteiger partial charge >= 0.3 is 0 Å². The number of carbonyl (C=O) groups excluding carboxylic acids is 1. The molecule has 0 unspecified atom stereocenters.